The van der Waals surface area contributed by atoms with Gasteiger partial charge in [-0.05, 0) is 23.1 Å². The van der Waals surface area contributed by atoms with Crippen LogP contribution in [0.2, 0.25) is 0 Å². The maximum Gasteiger partial charge on any atom is 0.277 e. The zero-order valence-electron chi connectivity index (χ0n) is 14.1. The average molecular weight is 323 g/mol. The second-order valence-electron chi connectivity index (χ2n) is 6.72. The Morgan fingerprint density at radius 1 is 1.29 bits per heavy atom. The smallest absolute Gasteiger partial charge is 0.277 e. The topological polar surface area (TPSA) is 75.6 Å². The van der Waals surface area contributed by atoms with Gasteiger partial charge < -0.3 is 5.32 Å². The van der Waals surface area contributed by atoms with Crippen LogP contribution in [0.1, 0.15) is 26.3 Å². The van der Waals surface area contributed by atoms with Gasteiger partial charge in [-0.15, -0.1) is 6.58 Å². The van der Waals surface area contributed by atoms with Crippen molar-refractivity contribution in [3.63, 3.8) is 0 Å². The van der Waals surface area contributed by atoms with Crippen molar-refractivity contribution in [1.29, 1.82) is 0 Å². The molecule has 0 amide bonds. The Kier molecular flexibility index (Phi) is 3.97. The largest absolute Gasteiger partial charge is 0.324 e. The third-order valence-corrected chi connectivity index (χ3v) is 3.82. The normalized spacial score (nSPS) is 11.6. The van der Waals surface area contributed by atoms with E-state index in [1.54, 1.807) is 6.08 Å². The van der Waals surface area contributed by atoms with E-state index in [4.69, 9.17) is 0 Å². The molecule has 3 aromatic rings. The summed E-state index contributed by atoms with van der Waals surface area (Å²) in [5, 5.41) is 6.59. The van der Waals surface area contributed by atoms with E-state index < -0.39 is 0 Å². The molecule has 0 bridgehead atoms. The Morgan fingerprint density at radius 2 is 2.00 bits per heavy atom. The monoisotopic (exact) mass is 323 g/mol. The summed E-state index contributed by atoms with van der Waals surface area (Å²) >= 11 is 0. The van der Waals surface area contributed by atoms with Crippen LogP contribution in [0.4, 0.5) is 11.6 Å². The molecule has 0 spiro atoms. The van der Waals surface area contributed by atoms with Crippen molar-refractivity contribution >= 4 is 22.7 Å². The SMILES string of the molecule is C=CCn1[nH]c2nc(Nc3ccc(C(C)(C)C)cc3)ncc2c1=O. The molecule has 0 aliphatic carbocycles. The maximum atomic E-state index is 12.1. The highest BCUT2D eigenvalue weighted by molar-refractivity contribution is 5.74. The van der Waals surface area contributed by atoms with E-state index in [0.717, 1.165) is 5.69 Å². The van der Waals surface area contributed by atoms with Crippen LogP contribution >= 0.6 is 0 Å². The summed E-state index contributed by atoms with van der Waals surface area (Å²) < 4.78 is 1.45. The lowest BCUT2D eigenvalue weighted by atomic mass is 9.87. The summed E-state index contributed by atoms with van der Waals surface area (Å²) in [6, 6.07) is 8.17. The number of aromatic amines is 1. The molecule has 24 heavy (non-hydrogen) atoms. The predicted molar refractivity (Wildman–Crippen MR) is 96.8 cm³/mol. The van der Waals surface area contributed by atoms with E-state index in [1.807, 2.05) is 12.1 Å². The van der Waals surface area contributed by atoms with Gasteiger partial charge in [0.15, 0.2) is 5.65 Å². The third-order valence-electron chi connectivity index (χ3n) is 3.82. The number of nitrogens with one attached hydrogen (secondary N) is 2. The van der Waals surface area contributed by atoms with Crippen molar-refractivity contribution < 1.29 is 0 Å². The fourth-order valence-electron chi connectivity index (χ4n) is 2.45. The van der Waals surface area contributed by atoms with Gasteiger partial charge >= 0.3 is 0 Å². The highest BCUT2D eigenvalue weighted by atomic mass is 16.1. The fourth-order valence-corrected chi connectivity index (χ4v) is 2.45. The number of H-pyrrole nitrogens is 1. The predicted octanol–water partition coefficient (Wildman–Crippen LogP) is 3.35. The molecule has 2 N–H and O–H groups in total. The molecule has 0 radical (unpaired) electrons. The molecule has 0 atom stereocenters. The molecular weight excluding hydrogens is 302 g/mol. The lowest BCUT2D eigenvalue weighted by molar-refractivity contribution is 0.590. The lowest BCUT2D eigenvalue weighted by Gasteiger charge is -2.19. The average Bonchev–Trinajstić information content (AvgIpc) is 2.83. The van der Waals surface area contributed by atoms with Crippen molar-refractivity contribution in [1.82, 2.24) is 19.7 Å². The van der Waals surface area contributed by atoms with Gasteiger partial charge in [0.25, 0.3) is 5.56 Å². The summed E-state index contributed by atoms with van der Waals surface area (Å²) in [6.07, 6.45) is 3.19. The Hall–Kier alpha value is -2.89. The van der Waals surface area contributed by atoms with Crippen LogP contribution in [-0.2, 0) is 12.0 Å². The van der Waals surface area contributed by atoms with E-state index in [-0.39, 0.29) is 11.0 Å². The van der Waals surface area contributed by atoms with E-state index in [2.05, 4.69) is 59.9 Å². The number of hydrogen-bond donors (Lipinski definition) is 2. The first-order valence-electron chi connectivity index (χ1n) is 7.82. The Balaban J connectivity index is 1.87. The molecule has 0 saturated carbocycles. The maximum absolute atomic E-state index is 12.1. The van der Waals surface area contributed by atoms with Crippen molar-refractivity contribution in [2.24, 2.45) is 0 Å². The van der Waals surface area contributed by atoms with Crippen molar-refractivity contribution in [2.75, 3.05) is 5.32 Å². The van der Waals surface area contributed by atoms with Gasteiger partial charge in [0.05, 0.1) is 6.54 Å². The molecule has 0 saturated heterocycles. The van der Waals surface area contributed by atoms with Crippen molar-refractivity contribution in [2.45, 2.75) is 32.7 Å². The van der Waals surface area contributed by atoms with Gasteiger partial charge in [0, 0.05) is 11.9 Å². The standard InChI is InChI=1S/C18H21N5O/c1-5-10-23-16(24)14-11-19-17(21-15(14)22-23)20-13-8-6-12(7-9-13)18(2,3)4/h5-9,11H,1,10H2,2-4H3,(H2,19,20,21,22). The van der Waals surface area contributed by atoms with Crippen LogP contribution in [0.3, 0.4) is 0 Å². The van der Waals surface area contributed by atoms with Crippen LogP contribution in [0.15, 0.2) is 47.9 Å². The number of allylic oxidation sites excluding steroid dienone is 1. The first-order valence-corrected chi connectivity index (χ1v) is 7.82. The van der Waals surface area contributed by atoms with Gasteiger partial charge in [-0.2, -0.15) is 4.98 Å². The summed E-state index contributed by atoms with van der Waals surface area (Å²) in [5.41, 5.74) is 2.63. The molecule has 6 nitrogen and oxygen atoms in total. The molecule has 2 aromatic heterocycles. The summed E-state index contributed by atoms with van der Waals surface area (Å²) in [6.45, 7) is 10.6. The van der Waals surface area contributed by atoms with E-state index in [9.17, 15) is 4.79 Å². The zero-order valence-corrected chi connectivity index (χ0v) is 14.1. The number of anilines is 2. The summed E-state index contributed by atoms with van der Waals surface area (Å²) in [5.74, 6) is 0.443. The summed E-state index contributed by atoms with van der Waals surface area (Å²) in [7, 11) is 0. The van der Waals surface area contributed by atoms with Gasteiger partial charge in [0.1, 0.15) is 5.39 Å². The first-order chi connectivity index (χ1) is 11.4. The molecule has 0 aliphatic heterocycles. The number of hydrogen-bond acceptors (Lipinski definition) is 4. The van der Waals surface area contributed by atoms with Gasteiger partial charge in [-0.1, -0.05) is 39.0 Å². The Labute approximate surface area is 140 Å². The second kappa shape index (κ2) is 5.96. The number of benzene rings is 1. The number of rotatable bonds is 4. The zero-order chi connectivity index (χ0) is 17.3. The van der Waals surface area contributed by atoms with Crippen LogP contribution in [0, 0.1) is 0 Å². The van der Waals surface area contributed by atoms with Crippen LogP contribution < -0.4 is 10.9 Å². The second-order valence-corrected chi connectivity index (χ2v) is 6.72. The highest BCUT2D eigenvalue weighted by Crippen LogP contribution is 2.24. The molecule has 2 heterocycles. The molecule has 3 rings (SSSR count). The summed E-state index contributed by atoms with van der Waals surface area (Å²) in [4.78, 5) is 20.7. The third kappa shape index (κ3) is 3.08. The lowest BCUT2D eigenvalue weighted by Crippen LogP contribution is -2.15. The van der Waals surface area contributed by atoms with E-state index in [0.29, 0.717) is 23.5 Å². The minimum absolute atomic E-state index is 0.113. The quantitative estimate of drug-likeness (QED) is 0.722. The van der Waals surface area contributed by atoms with Crippen LogP contribution in [-0.4, -0.2) is 19.7 Å². The Bertz CT molecular complexity index is 929. The minimum Gasteiger partial charge on any atom is -0.324 e. The van der Waals surface area contributed by atoms with Gasteiger partial charge in [0.2, 0.25) is 5.95 Å². The molecule has 6 heteroatoms. The molecule has 0 unspecified atom stereocenters. The van der Waals surface area contributed by atoms with E-state index >= 15 is 0 Å². The van der Waals surface area contributed by atoms with Crippen LogP contribution in [0.5, 0.6) is 0 Å². The molecular formula is C18H21N5O. The minimum atomic E-state index is -0.147. The van der Waals surface area contributed by atoms with Crippen molar-refractivity contribution in [3.8, 4) is 0 Å². The van der Waals surface area contributed by atoms with Gasteiger partial charge in [-0.3, -0.25) is 9.89 Å². The van der Waals surface area contributed by atoms with Crippen LogP contribution in [0.25, 0.3) is 11.0 Å². The molecule has 0 aliphatic rings. The van der Waals surface area contributed by atoms with Crippen molar-refractivity contribution in [3.05, 3.63) is 59.0 Å². The number of aromatic nitrogens is 4. The molecule has 1 aromatic carbocycles. The Morgan fingerprint density at radius 3 is 2.62 bits per heavy atom. The molecule has 124 valence electrons. The number of fused-ring (bicyclic) bond motifs is 1. The fraction of sp³-hybridized carbons (Fsp3) is 0.278. The molecule has 0 fully saturated rings. The first kappa shape index (κ1) is 16.0. The number of nitrogens with zero attached hydrogens (tertiary/aromatic N) is 3. The highest BCUT2D eigenvalue weighted by Gasteiger charge is 2.13. The van der Waals surface area contributed by atoms with Gasteiger partial charge in [-0.25, -0.2) is 9.67 Å². The van der Waals surface area contributed by atoms with E-state index in [1.165, 1.54) is 16.4 Å².